The van der Waals surface area contributed by atoms with Crippen LogP contribution in [0.15, 0.2) is 24.3 Å². The maximum absolute atomic E-state index is 13.5. The lowest BCUT2D eigenvalue weighted by Crippen LogP contribution is -2.33. The summed E-state index contributed by atoms with van der Waals surface area (Å²) in [7, 11) is 0. The summed E-state index contributed by atoms with van der Waals surface area (Å²) in [4.78, 5) is 34.8. The number of fused-ring (bicyclic) bond motifs is 1. The summed E-state index contributed by atoms with van der Waals surface area (Å²) in [5, 5.41) is 9.05. The fourth-order valence-corrected chi connectivity index (χ4v) is 6.06. The quantitative estimate of drug-likeness (QED) is 0.501. The van der Waals surface area contributed by atoms with Crippen LogP contribution in [-0.2, 0) is 4.79 Å². The average molecular weight is 523 g/mol. The third-order valence-corrected chi connectivity index (χ3v) is 8.55. The number of ether oxygens (including phenoxy) is 2. The van der Waals surface area contributed by atoms with E-state index in [4.69, 9.17) is 20.3 Å². The van der Waals surface area contributed by atoms with Crippen LogP contribution in [0.4, 0.5) is 11.5 Å². The Hall–Kier alpha value is -3.36. The summed E-state index contributed by atoms with van der Waals surface area (Å²) >= 11 is 0. The number of carbonyl (C=O) groups is 2. The number of anilines is 2. The van der Waals surface area contributed by atoms with E-state index >= 15 is 0 Å². The highest BCUT2D eigenvalue weighted by molar-refractivity contribution is 6.10. The predicted molar refractivity (Wildman–Crippen MR) is 144 cm³/mol. The second-order valence-corrected chi connectivity index (χ2v) is 11.4. The van der Waals surface area contributed by atoms with Crippen LogP contribution < -0.4 is 20.1 Å². The van der Waals surface area contributed by atoms with Gasteiger partial charge in [0.2, 0.25) is 5.88 Å². The van der Waals surface area contributed by atoms with E-state index in [1.807, 2.05) is 12.1 Å². The monoisotopic (exact) mass is 522 g/mol. The van der Waals surface area contributed by atoms with Crippen molar-refractivity contribution in [1.82, 2.24) is 9.97 Å². The van der Waals surface area contributed by atoms with Crippen molar-refractivity contribution < 1.29 is 24.2 Å². The minimum absolute atomic E-state index is 0.0605. The van der Waals surface area contributed by atoms with Gasteiger partial charge in [-0.1, -0.05) is 26.0 Å². The molecule has 0 saturated heterocycles. The zero-order chi connectivity index (χ0) is 26.8. The van der Waals surface area contributed by atoms with Crippen molar-refractivity contribution in [3.8, 4) is 11.9 Å². The smallest absolute Gasteiger partial charge is 0.321 e. The number of hydrogen-bond donors (Lipinski definition) is 2. The molecule has 9 nitrogen and oxygen atoms in total. The van der Waals surface area contributed by atoms with E-state index in [1.165, 1.54) is 5.56 Å². The molecule has 5 rings (SSSR count). The largest absolute Gasteiger partial charge is 0.481 e. The van der Waals surface area contributed by atoms with Crippen molar-refractivity contribution in [2.75, 3.05) is 30.4 Å². The van der Waals surface area contributed by atoms with Crippen LogP contribution in [-0.4, -0.2) is 46.7 Å². The van der Waals surface area contributed by atoms with Gasteiger partial charge in [0.05, 0.1) is 13.2 Å². The molecular weight excluding hydrogens is 484 g/mol. The SMILES string of the molecule is CC(C)C1CC(COc2nc(N)c3c(n2)OCCN(c2ccc(C4CCC(CC(=O)O)CC4)cc2)C3=O)C1. The molecule has 2 aromatic rings. The molecule has 3 N–H and O–H groups in total. The third kappa shape index (κ3) is 5.71. The van der Waals surface area contributed by atoms with E-state index in [2.05, 4.69) is 35.9 Å². The molecule has 0 spiro atoms. The number of aliphatic carboxylic acids is 1. The number of benzene rings is 1. The molecule has 0 unspecified atom stereocenters. The third-order valence-electron chi connectivity index (χ3n) is 8.55. The van der Waals surface area contributed by atoms with E-state index in [9.17, 15) is 9.59 Å². The number of rotatable bonds is 8. The lowest BCUT2D eigenvalue weighted by atomic mass is 9.70. The lowest BCUT2D eigenvalue weighted by molar-refractivity contribution is -0.138. The Balaban J connectivity index is 1.23. The van der Waals surface area contributed by atoms with Gasteiger partial charge in [-0.05, 0) is 85.8 Å². The molecule has 3 aliphatic rings. The normalized spacial score (nSPS) is 25.2. The number of nitrogens with two attached hydrogens (primary N) is 1. The van der Waals surface area contributed by atoms with E-state index < -0.39 is 5.97 Å². The number of carboxylic acids is 1. The molecule has 0 radical (unpaired) electrons. The molecule has 0 atom stereocenters. The van der Waals surface area contributed by atoms with Crippen molar-refractivity contribution in [3.05, 3.63) is 35.4 Å². The van der Waals surface area contributed by atoms with Crippen molar-refractivity contribution in [2.45, 2.75) is 64.7 Å². The second-order valence-electron chi connectivity index (χ2n) is 11.4. The van der Waals surface area contributed by atoms with Crippen LogP contribution in [0.3, 0.4) is 0 Å². The Kier molecular flexibility index (Phi) is 7.72. The predicted octanol–water partition coefficient (Wildman–Crippen LogP) is 4.91. The number of carboxylic acid groups (broad SMARTS) is 1. The van der Waals surface area contributed by atoms with Crippen molar-refractivity contribution in [3.63, 3.8) is 0 Å². The Morgan fingerprint density at radius 3 is 2.50 bits per heavy atom. The lowest BCUT2D eigenvalue weighted by Gasteiger charge is -2.37. The number of carbonyl (C=O) groups excluding carboxylic acids is 1. The summed E-state index contributed by atoms with van der Waals surface area (Å²) in [6.45, 7) is 5.68. The number of nitrogens with zero attached hydrogens (tertiary/aromatic N) is 3. The van der Waals surface area contributed by atoms with Crippen LogP contribution in [0, 0.1) is 23.7 Å². The first-order valence-corrected chi connectivity index (χ1v) is 13.8. The summed E-state index contributed by atoms with van der Waals surface area (Å²) in [6, 6.07) is 8.20. The van der Waals surface area contributed by atoms with Gasteiger partial charge in [-0.25, -0.2) is 0 Å². The first-order chi connectivity index (χ1) is 18.3. The van der Waals surface area contributed by atoms with E-state index in [0.29, 0.717) is 30.9 Å². The molecule has 1 aromatic carbocycles. The van der Waals surface area contributed by atoms with Gasteiger partial charge in [0.25, 0.3) is 5.91 Å². The number of hydrogen-bond acceptors (Lipinski definition) is 7. The number of amides is 1. The molecule has 9 heteroatoms. The van der Waals surface area contributed by atoms with E-state index in [0.717, 1.165) is 50.1 Å². The topological polar surface area (TPSA) is 128 Å². The Morgan fingerprint density at radius 1 is 1.13 bits per heavy atom. The minimum Gasteiger partial charge on any atom is -0.481 e. The van der Waals surface area contributed by atoms with E-state index in [1.54, 1.807) is 4.90 Å². The van der Waals surface area contributed by atoms with Crippen LogP contribution in [0.25, 0.3) is 0 Å². The Morgan fingerprint density at radius 2 is 1.84 bits per heavy atom. The van der Waals surface area contributed by atoms with Crippen LogP contribution in [0.1, 0.15) is 80.6 Å². The van der Waals surface area contributed by atoms with E-state index in [-0.39, 0.29) is 48.1 Å². The molecule has 2 fully saturated rings. The Bertz CT molecular complexity index is 1150. The Labute approximate surface area is 223 Å². The van der Waals surface area contributed by atoms with Crippen LogP contribution >= 0.6 is 0 Å². The summed E-state index contributed by atoms with van der Waals surface area (Å²) in [5.74, 6) is 1.84. The standard InChI is InChI=1S/C29H38N4O5/c1-17(2)22-13-19(14-22)16-38-29-31-26(30)25-27(32-29)37-12-11-33(28(25)36)23-9-7-21(8-10-23)20-5-3-18(4-6-20)15-24(34)35/h7-10,17-20,22H,3-6,11-16H2,1-2H3,(H,34,35)(H2,30,31,32). The van der Waals surface area contributed by atoms with Gasteiger partial charge in [-0.15, -0.1) is 0 Å². The van der Waals surface area contributed by atoms with Gasteiger partial charge < -0.3 is 25.2 Å². The van der Waals surface area contributed by atoms with Crippen LogP contribution in [0.2, 0.25) is 0 Å². The second kappa shape index (κ2) is 11.2. The molecular formula is C29H38N4O5. The summed E-state index contributed by atoms with van der Waals surface area (Å²) < 4.78 is 11.7. The zero-order valence-corrected chi connectivity index (χ0v) is 22.3. The fraction of sp³-hybridized carbons (Fsp3) is 0.586. The maximum atomic E-state index is 13.5. The number of aromatic nitrogens is 2. The highest BCUT2D eigenvalue weighted by atomic mass is 16.5. The number of nitrogen functional groups attached to an aromatic ring is 1. The first kappa shape index (κ1) is 26.3. The van der Waals surface area contributed by atoms with Crippen molar-refractivity contribution in [2.24, 2.45) is 23.7 Å². The van der Waals surface area contributed by atoms with Gasteiger partial charge in [0.15, 0.2) is 0 Å². The first-order valence-electron chi connectivity index (χ1n) is 13.8. The van der Waals surface area contributed by atoms with Gasteiger partial charge >= 0.3 is 12.0 Å². The fourth-order valence-electron chi connectivity index (χ4n) is 6.06. The maximum Gasteiger partial charge on any atom is 0.321 e. The molecule has 2 saturated carbocycles. The van der Waals surface area contributed by atoms with Gasteiger partial charge in [0.1, 0.15) is 18.0 Å². The van der Waals surface area contributed by atoms with Crippen LogP contribution in [0.5, 0.6) is 11.9 Å². The molecule has 2 aliphatic carbocycles. The molecule has 38 heavy (non-hydrogen) atoms. The zero-order valence-electron chi connectivity index (χ0n) is 22.3. The average Bonchev–Trinajstić information content (AvgIpc) is 3.02. The minimum atomic E-state index is -0.714. The van der Waals surface area contributed by atoms with Gasteiger partial charge in [-0.2, -0.15) is 9.97 Å². The summed E-state index contributed by atoms with van der Waals surface area (Å²) in [6.07, 6.45) is 6.38. The molecule has 2 heterocycles. The molecule has 1 amide bonds. The molecule has 204 valence electrons. The van der Waals surface area contributed by atoms with Crippen molar-refractivity contribution >= 4 is 23.4 Å². The highest BCUT2D eigenvalue weighted by Crippen LogP contribution is 2.40. The molecule has 1 aromatic heterocycles. The molecule has 1 aliphatic heterocycles. The highest BCUT2D eigenvalue weighted by Gasteiger charge is 2.33. The van der Waals surface area contributed by atoms with Gasteiger partial charge in [-0.3, -0.25) is 9.59 Å². The molecule has 0 bridgehead atoms. The summed E-state index contributed by atoms with van der Waals surface area (Å²) in [5.41, 5.74) is 8.37. The van der Waals surface area contributed by atoms with Gasteiger partial charge in [0, 0.05) is 12.1 Å². The van der Waals surface area contributed by atoms with Crippen molar-refractivity contribution in [1.29, 1.82) is 0 Å².